The Morgan fingerprint density at radius 1 is 1.16 bits per heavy atom. The molecular formula is C21H24N2O2. The van der Waals surface area contributed by atoms with Gasteiger partial charge in [0.15, 0.2) is 0 Å². The van der Waals surface area contributed by atoms with Gasteiger partial charge in [0.25, 0.3) is 5.91 Å². The van der Waals surface area contributed by atoms with Crippen molar-refractivity contribution in [2.45, 2.75) is 38.1 Å². The van der Waals surface area contributed by atoms with E-state index >= 15 is 0 Å². The maximum atomic E-state index is 13.4. The smallest absolute Gasteiger partial charge is 0.256 e. The van der Waals surface area contributed by atoms with Gasteiger partial charge >= 0.3 is 0 Å². The highest BCUT2D eigenvalue weighted by molar-refractivity contribution is 6.07. The van der Waals surface area contributed by atoms with Crippen LogP contribution in [0.5, 0.6) is 0 Å². The lowest BCUT2D eigenvalue weighted by Crippen LogP contribution is -2.71. The van der Waals surface area contributed by atoms with Crippen LogP contribution in [0.4, 0.5) is 0 Å². The molecule has 1 atom stereocenters. The number of carbonyl (C=O) groups is 1. The Kier molecular flexibility index (Phi) is 3.56. The number of rotatable bonds is 2. The van der Waals surface area contributed by atoms with E-state index in [2.05, 4.69) is 9.88 Å². The highest BCUT2D eigenvalue weighted by Crippen LogP contribution is 2.57. The third-order valence-corrected chi connectivity index (χ3v) is 6.67. The molecule has 3 heterocycles. The van der Waals surface area contributed by atoms with Crippen molar-refractivity contribution >= 4 is 16.7 Å². The summed E-state index contributed by atoms with van der Waals surface area (Å²) in [6, 6.07) is 8.46. The number of amides is 1. The first kappa shape index (κ1) is 15.3. The monoisotopic (exact) mass is 336 g/mol. The maximum absolute atomic E-state index is 13.4. The summed E-state index contributed by atoms with van der Waals surface area (Å²) in [5, 5.41) is 2.05. The van der Waals surface area contributed by atoms with E-state index in [1.54, 1.807) is 6.20 Å². The molecule has 3 aliphatic rings. The quantitative estimate of drug-likeness (QED) is 0.840. The Hall–Kier alpha value is -1.94. The molecule has 1 spiro atoms. The zero-order valence-electron chi connectivity index (χ0n) is 14.5. The summed E-state index contributed by atoms with van der Waals surface area (Å²) in [5.41, 5.74) is 1.15. The van der Waals surface area contributed by atoms with E-state index in [4.69, 9.17) is 4.74 Å². The molecule has 0 bridgehead atoms. The molecule has 2 aromatic rings. The van der Waals surface area contributed by atoms with Gasteiger partial charge in [-0.05, 0) is 37.0 Å². The molecule has 130 valence electrons. The molecule has 5 rings (SSSR count). The summed E-state index contributed by atoms with van der Waals surface area (Å²) < 4.78 is 5.56. The van der Waals surface area contributed by atoms with Crippen LogP contribution in [-0.2, 0) is 4.74 Å². The van der Waals surface area contributed by atoms with E-state index < -0.39 is 0 Å². The van der Waals surface area contributed by atoms with E-state index in [0.29, 0.717) is 17.4 Å². The van der Waals surface area contributed by atoms with Gasteiger partial charge in [-0.3, -0.25) is 9.78 Å². The van der Waals surface area contributed by atoms with Crippen LogP contribution in [0.3, 0.4) is 0 Å². The Balaban J connectivity index is 1.48. The van der Waals surface area contributed by atoms with Gasteiger partial charge in [0, 0.05) is 49.0 Å². The van der Waals surface area contributed by atoms with Crippen molar-refractivity contribution in [3.8, 4) is 0 Å². The van der Waals surface area contributed by atoms with Crippen molar-refractivity contribution in [3.05, 3.63) is 42.2 Å². The average Bonchev–Trinajstić information content (AvgIpc) is 2.60. The molecule has 4 heteroatoms. The van der Waals surface area contributed by atoms with Crippen molar-refractivity contribution in [1.82, 2.24) is 9.88 Å². The lowest BCUT2D eigenvalue weighted by atomic mass is 9.54. The van der Waals surface area contributed by atoms with Crippen LogP contribution < -0.4 is 0 Å². The second kappa shape index (κ2) is 5.80. The fourth-order valence-corrected chi connectivity index (χ4v) is 5.26. The van der Waals surface area contributed by atoms with Crippen LogP contribution >= 0.6 is 0 Å². The highest BCUT2D eigenvalue weighted by atomic mass is 16.5. The molecule has 2 aliphatic heterocycles. The summed E-state index contributed by atoms with van der Waals surface area (Å²) in [6.45, 7) is 2.61. The standard InChI is InChI=1S/C21H24N2O2/c24-20(18-13-22-12-16-4-1-2-5-17(16)18)23-14-21(8-3-9-21)19(23)15-6-10-25-11-7-15/h1-2,4-5,12-13,15,19H,3,6-11,14H2. The molecule has 0 N–H and O–H groups in total. The molecule has 0 radical (unpaired) electrons. The van der Waals surface area contributed by atoms with Gasteiger partial charge < -0.3 is 9.64 Å². The maximum Gasteiger partial charge on any atom is 0.256 e. The van der Waals surface area contributed by atoms with Crippen molar-refractivity contribution in [2.24, 2.45) is 11.3 Å². The number of ether oxygens (including phenoxy) is 1. The van der Waals surface area contributed by atoms with Crippen LogP contribution in [0.25, 0.3) is 10.8 Å². The van der Waals surface area contributed by atoms with Crippen LogP contribution in [0.1, 0.15) is 42.5 Å². The average molecular weight is 336 g/mol. The number of hydrogen-bond donors (Lipinski definition) is 0. The summed E-state index contributed by atoms with van der Waals surface area (Å²) in [4.78, 5) is 19.8. The van der Waals surface area contributed by atoms with Crippen LogP contribution in [0.15, 0.2) is 36.7 Å². The van der Waals surface area contributed by atoms with Crippen LogP contribution in [-0.4, -0.2) is 41.6 Å². The zero-order valence-corrected chi connectivity index (χ0v) is 14.5. The molecule has 2 saturated heterocycles. The molecule has 1 saturated carbocycles. The number of fused-ring (bicyclic) bond motifs is 1. The molecule has 25 heavy (non-hydrogen) atoms. The second-order valence-corrected chi connectivity index (χ2v) is 7.95. The fraction of sp³-hybridized carbons (Fsp3) is 0.524. The lowest BCUT2D eigenvalue weighted by molar-refractivity contribution is -0.140. The van der Waals surface area contributed by atoms with Crippen molar-refractivity contribution in [3.63, 3.8) is 0 Å². The summed E-state index contributed by atoms with van der Waals surface area (Å²) in [7, 11) is 0. The SMILES string of the molecule is O=C(c1cncc2ccccc12)N1CC2(CCC2)C1C1CCOCC1. The summed E-state index contributed by atoms with van der Waals surface area (Å²) >= 11 is 0. The third kappa shape index (κ3) is 2.30. The van der Waals surface area contributed by atoms with Crippen molar-refractivity contribution in [1.29, 1.82) is 0 Å². The van der Waals surface area contributed by atoms with Gasteiger partial charge in [-0.15, -0.1) is 0 Å². The molecule has 1 amide bonds. The Labute approximate surface area is 148 Å². The number of pyridine rings is 1. The minimum Gasteiger partial charge on any atom is -0.381 e. The highest BCUT2D eigenvalue weighted by Gasteiger charge is 2.59. The van der Waals surface area contributed by atoms with Crippen molar-refractivity contribution < 1.29 is 9.53 Å². The minimum absolute atomic E-state index is 0.165. The van der Waals surface area contributed by atoms with E-state index in [-0.39, 0.29) is 5.91 Å². The Morgan fingerprint density at radius 3 is 2.72 bits per heavy atom. The van der Waals surface area contributed by atoms with Gasteiger partial charge in [0.1, 0.15) is 0 Å². The van der Waals surface area contributed by atoms with Crippen molar-refractivity contribution in [2.75, 3.05) is 19.8 Å². The molecule has 4 nitrogen and oxygen atoms in total. The number of nitrogens with zero attached hydrogens (tertiary/aromatic N) is 2. The minimum atomic E-state index is 0.165. The number of carbonyl (C=O) groups excluding carboxylic acids is 1. The molecule has 3 fully saturated rings. The Bertz CT molecular complexity index is 803. The topological polar surface area (TPSA) is 42.4 Å². The number of benzene rings is 1. The first-order chi connectivity index (χ1) is 12.3. The van der Waals surface area contributed by atoms with E-state index in [1.807, 2.05) is 30.5 Å². The van der Waals surface area contributed by atoms with Gasteiger partial charge in [0.2, 0.25) is 0 Å². The first-order valence-electron chi connectivity index (χ1n) is 9.50. The zero-order chi connectivity index (χ0) is 16.9. The van der Waals surface area contributed by atoms with E-state index in [0.717, 1.165) is 48.9 Å². The second-order valence-electron chi connectivity index (χ2n) is 7.95. The van der Waals surface area contributed by atoms with E-state index in [9.17, 15) is 4.79 Å². The predicted octanol–water partition coefficient (Wildman–Crippen LogP) is 3.66. The van der Waals surface area contributed by atoms with Gasteiger partial charge in [-0.25, -0.2) is 0 Å². The number of hydrogen-bond acceptors (Lipinski definition) is 3. The van der Waals surface area contributed by atoms with Crippen LogP contribution in [0.2, 0.25) is 0 Å². The fourth-order valence-electron chi connectivity index (χ4n) is 5.26. The normalized spacial score (nSPS) is 25.6. The third-order valence-electron chi connectivity index (χ3n) is 6.67. The number of likely N-dealkylation sites (tertiary alicyclic amines) is 1. The largest absolute Gasteiger partial charge is 0.381 e. The van der Waals surface area contributed by atoms with Crippen LogP contribution in [0, 0.1) is 11.3 Å². The lowest BCUT2D eigenvalue weighted by Gasteiger charge is -2.65. The van der Waals surface area contributed by atoms with Gasteiger partial charge in [-0.1, -0.05) is 30.7 Å². The molecule has 1 aromatic heterocycles. The molecule has 1 aromatic carbocycles. The summed E-state index contributed by atoms with van der Waals surface area (Å²) in [6.07, 6.45) is 9.65. The first-order valence-corrected chi connectivity index (χ1v) is 9.50. The van der Waals surface area contributed by atoms with Gasteiger partial charge in [0.05, 0.1) is 5.56 Å². The molecule has 1 unspecified atom stereocenters. The Morgan fingerprint density at radius 2 is 1.96 bits per heavy atom. The molecule has 1 aliphatic carbocycles. The molecular weight excluding hydrogens is 312 g/mol. The number of aromatic nitrogens is 1. The summed E-state index contributed by atoms with van der Waals surface area (Å²) in [5.74, 6) is 0.757. The van der Waals surface area contributed by atoms with E-state index in [1.165, 1.54) is 19.3 Å². The van der Waals surface area contributed by atoms with Gasteiger partial charge in [-0.2, -0.15) is 0 Å². The predicted molar refractivity (Wildman–Crippen MR) is 96.4 cm³/mol.